The Balaban J connectivity index is 1.64. The van der Waals surface area contributed by atoms with Crippen LogP contribution in [-0.2, 0) is 4.74 Å². The number of hydrogen-bond donors (Lipinski definition) is 0. The van der Waals surface area contributed by atoms with Crippen LogP contribution in [0.3, 0.4) is 0 Å². The van der Waals surface area contributed by atoms with Crippen LogP contribution in [-0.4, -0.2) is 51.8 Å². The van der Waals surface area contributed by atoms with Gasteiger partial charge in [0.05, 0.1) is 10.9 Å². The van der Waals surface area contributed by atoms with Gasteiger partial charge in [-0.05, 0) is 74.6 Å². The monoisotopic (exact) mass is 536 g/mol. The molecule has 4 rings (SSSR count). The quantitative estimate of drug-likeness (QED) is 0.422. The van der Waals surface area contributed by atoms with E-state index in [1.807, 2.05) is 43.7 Å². The molecule has 0 saturated carbocycles. The first-order valence-corrected chi connectivity index (χ1v) is 11.4. The average molecular weight is 536 g/mol. The van der Waals surface area contributed by atoms with Crippen molar-refractivity contribution < 1.29 is 13.9 Å². The molecule has 164 valence electrons. The van der Waals surface area contributed by atoms with Gasteiger partial charge in [0.15, 0.2) is 0 Å². The number of nitrogens with zero attached hydrogens (tertiary/aromatic N) is 4. The highest BCUT2D eigenvalue weighted by Gasteiger charge is 2.31. The summed E-state index contributed by atoms with van der Waals surface area (Å²) in [4.78, 5) is 21.2. The number of piperazine rings is 1. The molecule has 0 spiro atoms. The Morgan fingerprint density at radius 3 is 2.71 bits per heavy atom. The van der Waals surface area contributed by atoms with Gasteiger partial charge in [-0.25, -0.2) is 14.2 Å². The van der Waals surface area contributed by atoms with Crippen molar-refractivity contribution in [1.82, 2.24) is 14.5 Å². The second-order valence-electron chi connectivity index (χ2n) is 8.82. The van der Waals surface area contributed by atoms with Crippen LogP contribution in [0.4, 0.5) is 15.0 Å². The molecule has 1 fully saturated rings. The fraction of sp³-hybridized carbons (Fsp3) is 0.391. The van der Waals surface area contributed by atoms with Gasteiger partial charge in [0.25, 0.3) is 0 Å². The van der Waals surface area contributed by atoms with E-state index in [9.17, 15) is 9.18 Å². The average Bonchev–Trinajstić information content (AvgIpc) is 3.04. The van der Waals surface area contributed by atoms with Crippen LogP contribution in [0.15, 0.2) is 42.7 Å². The molecule has 1 aliphatic heterocycles. The Kier molecular flexibility index (Phi) is 5.85. The Morgan fingerprint density at radius 1 is 1.26 bits per heavy atom. The molecular weight excluding hydrogens is 510 g/mol. The third kappa shape index (κ3) is 4.49. The zero-order chi connectivity index (χ0) is 22.3. The molecule has 1 aromatic carbocycles. The van der Waals surface area contributed by atoms with E-state index in [0.29, 0.717) is 19.6 Å². The smallest absolute Gasteiger partial charge is 0.410 e. The van der Waals surface area contributed by atoms with E-state index in [1.54, 1.807) is 17.2 Å². The fourth-order valence-corrected chi connectivity index (χ4v) is 4.74. The minimum atomic E-state index is -0.513. The summed E-state index contributed by atoms with van der Waals surface area (Å²) < 4.78 is 22.4. The number of benzene rings is 1. The highest BCUT2D eigenvalue weighted by molar-refractivity contribution is 14.1. The molecule has 0 aliphatic carbocycles. The summed E-state index contributed by atoms with van der Waals surface area (Å²) >= 11 is 2.31. The van der Waals surface area contributed by atoms with E-state index in [1.165, 1.54) is 12.1 Å². The SMILES string of the molecule is C[C@H]1CN(C(=O)OC(C)(C)C)CCN1c1nccc2c1c(I)cn2-c1cccc(F)c1. The third-order valence-electron chi connectivity index (χ3n) is 5.29. The van der Waals surface area contributed by atoms with E-state index in [-0.39, 0.29) is 18.0 Å². The number of carbonyl (C=O) groups excluding carboxylic acids is 1. The standard InChI is InChI=1S/C23H26FIN4O2/c1-15-13-27(22(30)31-23(2,3)4)10-11-28(15)21-20-18(25)14-29(19(20)8-9-26-21)17-7-5-6-16(24)12-17/h5-9,12,14-15H,10-11,13H2,1-4H3/t15-/m0/s1. The molecule has 3 heterocycles. The molecule has 6 nitrogen and oxygen atoms in total. The van der Waals surface area contributed by atoms with Crippen LogP contribution in [0.5, 0.6) is 0 Å². The number of carbonyl (C=O) groups is 1. The van der Waals surface area contributed by atoms with Crippen LogP contribution in [0, 0.1) is 9.39 Å². The number of rotatable bonds is 2. The molecule has 8 heteroatoms. The Bertz CT molecular complexity index is 1120. The van der Waals surface area contributed by atoms with Crippen molar-refractivity contribution >= 4 is 45.4 Å². The van der Waals surface area contributed by atoms with Crippen molar-refractivity contribution in [2.24, 2.45) is 0 Å². The molecule has 0 unspecified atom stereocenters. The van der Waals surface area contributed by atoms with E-state index in [0.717, 1.165) is 26.0 Å². The van der Waals surface area contributed by atoms with Crippen molar-refractivity contribution in [3.8, 4) is 5.69 Å². The van der Waals surface area contributed by atoms with Crippen LogP contribution >= 0.6 is 22.6 Å². The lowest BCUT2D eigenvalue weighted by atomic mass is 10.1. The lowest BCUT2D eigenvalue weighted by Crippen LogP contribution is -2.54. The molecule has 3 aromatic rings. The van der Waals surface area contributed by atoms with Crippen molar-refractivity contribution in [3.63, 3.8) is 0 Å². The van der Waals surface area contributed by atoms with Gasteiger partial charge in [-0.2, -0.15) is 0 Å². The van der Waals surface area contributed by atoms with Gasteiger partial charge in [-0.15, -0.1) is 0 Å². The number of hydrogen-bond acceptors (Lipinski definition) is 4. The Labute approximate surface area is 195 Å². The van der Waals surface area contributed by atoms with E-state index in [4.69, 9.17) is 9.72 Å². The lowest BCUT2D eigenvalue weighted by Gasteiger charge is -2.41. The van der Waals surface area contributed by atoms with Crippen molar-refractivity contribution in [2.75, 3.05) is 24.5 Å². The summed E-state index contributed by atoms with van der Waals surface area (Å²) in [5.41, 5.74) is 1.23. The molecule has 1 atom stereocenters. The zero-order valence-electron chi connectivity index (χ0n) is 18.1. The molecule has 1 amide bonds. The van der Waals surface area contributed by atoms with Crippen LogP contribution < -0.4 is 4.90 Å². The zero-order valence-corrected chi connectivity index (χ0v) is 20.3. The van der Waals surface area contributed by atoms with E-state index >= 15 is 0 Å². The molecule has 1 aliphatic rings. The highest BCUT2D eigenvalue weighted by Crippen LogP contribution is 2.34. The fourth-order valence-electron chi connectivity index (χ4n) is 3.94. The van der Waals surface area contributed by atoms with Crippen LogP contribution in [0.25, 0.3) is 16.6 Å². The van der Waals surface area contributed by atoms with Gasteiger partial charge < -0.3 is 19.1 Å². The number of amides is 1. The van der Waals surface area contributed by atoms with Gasteiger partial charge in [-0.1, -0.05) is 6.07 Å². The molecule has 31 heavy (non-hydrogen) atoms. The van der Waals surface area contributed by atoms with Crippen molar-refractivity contribution in [2.45, 2.75) is 39.3 Å². The number of pyridine rings is 1. The largest absolute Gasteiger partial charge is 0.444 e. The number of ether oxygens (including phenoxy) is 1. The second kappa shape index (κ2) is 8.29. The van der Waals surface area contributed by atoms with Crippen LogP contribution in [0.1, 0.15) is 27.7 Å². The first kappa shape index (κ1) is 21.9. The number of halogens is 2. The normalized spacial score (nSPS) is 17.3. The Morgan fingerprint density at radius 2 is 2.03 bits per heavy atom. The van der Waals surface area contributed by atoms with E-state index < -0.39 is 5.60 Å². The topological polar surface area (TPSA) is 50.6 Å². The van der Waals surface area contributed by atoms with Crippen molar-refractivity contribution in [3.05, 3.63) is 52.1 Å². The first-order chi connectivity index (χ1) is 14.6. The maximum atomic E-state index is 13.8. The highest BCUT2D eigenvalue weighted by atomic mass is 127. The predicted octanol–water partition coefficient (Wildman–Crippen LogP) is 5.21. The summed E-state index contributed by atoms with van der Waals surface area (Å²) in [5, 5.41) is 1.03. The first-order valence-electron chi connectivity index (χ1n) is 10.3. The molecule has 1 saturated heterocycles. The number of anilines is 1. The van der Waals surface area contributed by atoms with Gasteiger partial charge in [0.1, 0.15) is 17.2 Å². The van der Waals surface area contributed by atoms with Gasteiger partial charge in [0, 0.05) is 47.3 Å². The molecule has 0 radical (unpaired) electrons. The van der Waals surface area contributed by atoms with Crippen LogP contribution in [0.2, 0.25) is 0 Å². The predicted molar refractivity (Wildman–Crippen MR) is 128 cm³/mol. The summed E-state index contributed by atoms with van der Waals surface area (Å²) in [6, 6.07) is 8.60. The van der Waals surface area contributed by atoms with Gasteiger partial charge in [-0.3, -0.25) is 0 Å². The minimum absolute atomic E-state index is 0.0766. The van der Waals surface area contributed by atoms with Crippen molar-refractivity contribution in [1.29, 1.82) is 0 Å². The number of fused-ring (bicyclic) bond motifs is 1. The minimum Gasteiger partial charge on any atom is -0.444 e. The maximum absolute atomic E-state index is 13.8. The Hall–Kier alpha value is -2.36. The molecule has 0 N–H and O–H groups in total. The van der Waals surface area contributed by atoms with Gasteiger partial charge >= 0.3 is 6.09 Å². The summed E-state index contributed by atoms with van der Waals surface area (Å²) in [7, 11) is 0. The summed E-state index contributed by atoms with van der Waals surface area (Å²) in [6.07, 6.45) is 3.51. The summed E-state index contributed by atoms with van der Waals surface area (Å²) in [6.45, 7) is 9.51. The van der Waals surface area contributed by atoms with E-state index in [2.05, 4.69) is 34.4 Å². The lowest BCUT2D eigenvalue weighted by molar-refractivity contribution is 0.0218. The molecule has 0 bridgehead atoms. The summed E-state index contributed by atoms with van der Waals surface area (Å²) in [5.74, 6) is 0.615. The molecule has 2 aromatic heterocycles. The maximum Gasteiger partial charge on any atom is 0.410 e. The van der Waals surface area contributed by atoms with Gasteiger partial charge in [0.2, 0.25) is 0 Å². The second-order valence-corrected chi connectivity index (χ2v) is 9.99. The molecular formula is C23H26FIN4O2. The third-order valence-corrected chi connectivity index (χ3v) is 6.11. The number of aromatic nitrogens is 2.